The van der Waals surface area contributed by atoms with Crippen molar-refractivity contribution in [2.45, 2.75) is 18.5 Å². The molecule has 1 aliphatic heterocycles. The molecule has 2 N–H and O–H groups in total. The maximum atomic E-state index is 14.3. The fourth-order valence-electron chi connectivity index (χ4n) is 5.55. The molecule has 1 fully saturated rings. The molecule has 1 aliphatic carbocycles. The molecular formula is C30H28F3N5OS. The molecule has 3 heterocycles. The summed E-state index contributed by atoms with van der Waals surface area (Å²) in [5.74, 6) is 0.131. The van der Waals surface area contributed by atoms with Gasteiger partial charge in [-0.05, 0) is 54.5 Å². The Labute approximate surface area is 233 Å². The van der Waals surface area contributed by atoms with Gasteiger partial charge in [0, 0.05) is 72.8 Å². The molecule has 0 saturated carbocycles. The fourth-order valence-corrected chi connectivity index (χ4v) is 5.94. The minimum atomic E-state index is -4.58. The van der Waals surface area contributed by atoms with Crippen LogP contribution in [0.25, 0.3) is 27.5 Å². The molecule has 2 aromatic heterocycles. The van der Waals surface area contributed by atoms with E-state index in [0.717, 1.165) is 29.1 Å². The van der Waals surface area contributed by atoms with Gasteiger partial charge in [-0.15, -0.1) is 0 Å². The van der Waals surface area contributed by atoms with E-state index in [9.17, 15) is 18.0 Å². The van der Waals surface area contributed by atoms with Crippen LogP contribution in [0, 0.1) is 0 Å². The van der Waals surface area contributed by atoms with E-state index in [0.29, 0.717) is 42.6 Å². The number of rotatable bonds is 5. The summed E-state index contributed by atoms with van der Waals surface area (Å²) in [5, 5.41) is 4.57. The Kier molecular flexibility index (Phi) is 7.06. The predicted octanol–water partition coefficient (Wildman–Crippen LogP) is 5.76. The third kappa shape index (κ3) is 4.97. The molecule has 6 rings (SSSR count). The summed E-state index contributed by atoms with van der Waals surface area (Å²) in [6, 6.07) is 13.2. The highest BCUT2D eigenvalue weighted by Gasteiger charge is 2.36. The molecule has 1 atom stereocenters. The maximum absolute atomic E-state index is 14.3. The molecule has 1 saturated heterocycles. The normalized spacial score (nSPS) is 17.9. The highest BCUT2D eigenvalue weighted by molar-refractivity contribution is 7.96. The molecule has 40 heavy (non-hydrogen) atoms. The number of halogens is 3. The van der Waals surface area contributed by atoms with Gasteiger partial charge in [-0.2, -0.15) is 13.2 Å². The number of nitrogens with zero attached hydrogens (tertiary/aromatic N) is 3. The number of alkyl halides is 3. The summed E-state index contributed by atoms with van der Waals surface area (Å²) >= 11 is 1.53. The zero-order valence-corrected chi connectivity index (χ0v) is 22.6. The van der Waals surface area contributed by atoms with E-state index >= 15 is 0 Å². The monoisotopic (exact) mass is 563 g/mol. The van der Waals surface area contributed by atoms with Crippen LogP contribution in [0.15, 0.2) is 83.4 Å². The van der Waals surface area contributed by atoms with Crippen LogP contribution in [0.4, 0.5) is 18.9 Å². The lowest BCUT2D eigenvalue weighted by atomic mass is 9.90. The van der Waals surface area contributed by atoms with Crippen molar-refractivity contribution >= 4 is 39.4 Å². The summed E-state index contributed by atoms with van der Waals surface area (Å²) in [5.41, 5.74) is 2.47. The minimum Gasteiger partial charge on any atom is -0.368 e. The number of pyridine rings is 2. The maximum Gasteiger partial charge on any atom is 0.418 e. The van der Waals surface area contributed by atoms with Crippen LogP contribution in [0.3, 0.4) is 0 Å². The van der Waals surface area contributed by atoms with Crippen molar-refractivity contribution < 1.29 is 13.2 Å². The number of piperazine rings is 1. The van der Waals surface area contributed by atoms with Gasteiger partial charge in [0.05, 0.1) is 22.3 Å². The van der Waals surface area contributed by atoms with Crippen LogP contribution in [0.2, 0.25) is 0 Å². The van der Waals surface area contributed by atoms with Crippen molar-refractivity contribution in [1.29, 1.82) is 0 Å². The van der Waals surface area contributed by atoms with Gasteiger partial charge < -0.3 is 14.9 Å². The Bertz CT molecular complexity index is 1710. The summed E-state index contributed by atoms with van der Waals surface area (Å²) < 4.78 is 47.7. The van der Waals surface area contributed by atoms with Crippen molar-refractivity contribution in [3.63, 3.8) is 0 Å². The largest absolute Gasteiger partial charge is 0.418 e. The molecule has 0 spiro atoms. The topological polar surface area (TPSA) is 62.2 Å². The second kappa shape index (κ2) is 10.7. The van der Waals surface area contributed by atoms with Crippen LogP contribution in [-0.2, 0) is 6.18 Å². The summed E-state index contributed by atoms with van der Waals surface area (Å²) in [4.78, 5) is 19.6. The van der Waals surface area contributed by atoms with Gasteiger partial charge in [0.15, 0.2) is 0 Å². The lowest BCUT2D eigenvalue weighted by Gasteiger charge is -2.32. The lowest BCUT2D eigenvalue weighted by molar-refractivity contribution is -0.137. The van der Waals surface area contributed by atoms with Crippen molar-refractivity contribution in [2.24, 2.45) is 0 Å². The molecular weight excluding hydrogens is 535 g/mol. The van der Waals surface area contributed by atoms with E-state index in [-0.39, 0.29) is 17.3 Å². The first-order valence-corrected chi connectivity index (χ1v) is 14.3. The Morgan fingerprint density at radius 1 is 1.07 bits per heavy atom. The number of nitrogens with one attached hydrogen (secondary N) is 2. The van der Waals surface area contributed by atoms with E-state index in [1.165, 1.54) is 28.6 Å². The first kappa shape index (κ1) is 26.5. The Morgan fingerprint density at radius 2 is 1.90 bits per heavy atom. The number of hydrogen-bond donors (Lipinski definition) is 2. The average molecular weight is 564 g/mol. The number of anilines is 1. The van der Waals surface area contributed by atoms with Crippen molar-refractivity contribution in [2.75, 3.05) is 37.3 Å². The molecule has 0 bridgehead atoms. The third-order valence-electron chi connectivity index (χ3n) is 7.49. The van der Waals surface area contributed by atoms with Gasteiger partial charge >= 0.3 is 6.18 Å². The summed E-state index contributed by atoms with van der Waals surface area (Å²) in [6.07, 6.45) is 6.18. The highest BCUT2D eigenvalue weighted by atomic mass is 32.2. The molecule has 6 nitrogen and oxygen atoms in total. The van der Waals surface area contributed by atoms with E-state index in [1.54, 1.807) is 23.2 Å². The fraction of sp³-hybridized carbons (Fsp3) is 0.267. The number of benzene rings is 2. The predicted molar refractivity (Wildman–Crippen MR) is 156 cm³/mol. The quantitative estimate of drug-likeness (QED) is 0.238. The number of hydrogen-bond acceptors (Lipinski definition) is 6. The van der Waals surface area contributed by atoms with E-state index in [2.05, 4.69) is 27.2 Å². The summed E-state index contributed by atoms with van der Waals surface area (Å²) in [6.45, 7) is 2.19. The van der Waals surface area contributed by atoms with Gasteiger partial charge in [0.2, 0.25) is 0 Å². The highest BCUT2D eigenvalue weighted by Crippen LogP contribution is 2.39. The van der Waals surface area contributed by atoms with E-state index in [4.69, 9.17) is 0 Å². The Hall–Kier alpha value is -3.76. The second-order valence-corrected chi connectivity index (χ2v) is 10.6. The number of allylic oxidation sites excluding steroid dienone is 3. The Morgan fingerprint density at radius 3 is 2.62 bits per heavy atom. The molecule has 4 aromatic rings. The SMILES string of the molecule is CSNC1=CCC(c2ccc3ncc4ccc(=O)n(-c5ccc(N6CCNCC6)c(C(F)(F)F)c5)c4c3c2)C=C1. The smallest absolute Gasteiger partial charge is 0.368 e. The zero-order chi connectivity index (χ0) is 27.9. The molecule has 2 aliphatic rings. The molecule has 2 aromatic carbocycles. The van der Waals surface area contributed by atoms with Crippen LogP contribution >= 0.6 is 11.9 Å². The van der Waals surface area contributed by atoms with Crippen LogP contribution in [0.5, 0.6) is 0 Å². The Balaban J connectivity index is 1.51. The number of aromatic nitrogens is 2. The molecule has 0 radical (unpaired) electrons. The third-order valence-corrected chi connectivity index (χ3v) is 7.93. The van der Waals surface area contributed by atoms with Gasteiger partial charge in [-0.3, -0.25) is 14.3 Å². The van der Waals surface area contributed by atoms with Gasteiger partial charge in [0.1, 0.15) is 0 Å². The van der Waals surface area contributed by atoms with Gasteiger partial charge in [-0.1, -0.05) is 30.2 Å². The van der Waals surface area contributed by atoms with Crippen molar-refractivity contribution in [3.8, 4) is 5.69 Å². The van der Waals surface area contributed by atoms with Crippen LogP contribution < -0.4 is 20.5 Å². The van der Waals surface area contributed by atoms with Crippen LogP contribution in [0.1, 0.15) is 23.5 Å². The van der Waals surface area contributed by atoms with Crippen molar-refractivity contribution in [3.05, 3.63) is 100 Å². The van der Waals surface area contributed by atoms with Gasteiger partial charge in [0.25, 0.3) is 5.56 Å². The first-order valence-electron chi connectivity index (χ1n) is 13.1. The van der Waals surface area contributed by atoms with Crippen LogP contribution in [-0.4, -0.2) is 42.0 Å². The molecule has 10 heteroatoms. The first-order chi connectivity index (χ1) is 19.3. The molecule has 1 unspecified atom stereocenters. The molecule has 0 amide bonds. The average Bonchev–Trinajstić information content (AvgIpc) is 2.97. The minimum absolute atomic E-state index is 0.131. The summed E-state index contributed by atoms with van der Waals surface area (Å²) in [7, 11) is 0. The van der Waals surface area contributed by atoms with Crippen molar-refractivity contribution in [1.82, 2.24) is 19.6 Å². The van der Waals surface area contributed by atoms with Gasteiger partial charge in [-0.25, -0.2) is 0 Å². The van der Waals surface area contributed by atoms with E-state index in [1.807, 2.05) is 30.5 Å². The standard InChI is InChI=1S/C30H28F3N5OS/c1-40-36-22-6-2-19(3-7-22)20-4-9-26-24(16-20)29-21(18-35-26)5-11-28(39)38(29)23-8-10-27(25(17-23)30(31,32)33)37-14-12-34-13-15-37/h2,4-11,16-19,34,36H,3,12-15H2,1H3. The second-order valence-electron chi connectivity index (χ2n) is 9.95. The molecule has 206 valence electrons. The van der Waals surface area contributed by atoms with E-state index < -0.39 is 17.3 Å². The zero-order valence-electron chi connectivity index (χ0n) is 21.8. The number of fused-ring (bicyclic) bond motifs is 3. The lowest BCUT2D eigenvalue weighted by Crippen LogP contribution is -2.44.